The van der Waals surface area contributed by atoms with Crippen LogP contribution in [0.1, 0.15) is 12.5 Å². The molecule has 0 radical (unpaired) electrons. The second-order valence-corrected chi connectivity index (χ2v) is 5.82. The van der Waals surface area contributed by atoms with Crippen LogP contribution in [0.4, 0.5) is 17.6 Å². The van der Waals surface area contributed by atoms with Crippen molar-refractivity contribution in [3.8, 4) is 17.4 Å². The first kappa shape index (κ1) is 19.4. The molecule has 0 amide bonds. The first-order valence-corrected chi connectivity index (χ1v) is 7.98. The number of rotatable bonds is 5. The first-order valence-electron chi connectivity index (χ1n) is 7.98. The smallest absolute Gasteiger partial charge is 0.417 e. The molecule has 5 nitrogen and oxygen atoms in total. The molecule has 0 saturated heterocycles. The standard InChI is InChI=1S/C19H13F4NO4/c1-10(18(25)26)27-15-6-2-5-13-12(15)4-3-7-16(13)28-17-14(20)8-11(9-24-17)19(21,22)23/h2-10H,1H3,(H,25,26)/t10-/m1/s1. The second kappa shape index (κ2) is 7.34. The van der Waals surface area contributed by atoms with Gasteiger partial charge < -0.3 is 14.6 Å². The molecule has 0 fully saturated rings. The van der Waals surface area contributed by atoms with E-state index in [2.05, 4.69) is 4.98 Å². The predicted octanol–water partition coefficient (Wildman–Crippen LogP) is 5.04. The van der Waals surface area contributed by atoms with E-state index in [0.717, 1.165) is 0 Å². The number of ether oxygens (including phenoxy) is 2. The summed E-state index contributed by atoms with van der Waals surface area (Å²) in [5.74, 6) is -2.65. The largest absolute Gasteiger partial charge is 0.479 e. The van der Waals surface area contributed by atoms with Gasteiger partial charge in [0.15, 0.2) is 11.9 Å². The number of pyridine rings is 1. The molecule has 0 bridgehead atoms. The summed E-state index contributed by atoms with van der Waals surface area (Å²) in [5, 5.41) is 9.93. The van der Waals surface area contributed by atoms with Gasteiger partial charge in [-0.05, 0) is 25.1 Å². The summed E-state index contributed by atoms with van der Waals surface area (Å²) in [4.78, 5) is 14.4. The van der Waals surface area contributed by atoms with Gasteiger partial charge in [-0.2, -0.15) is 13.2 Å². The Morgan fingerprint density at radius 3 is 2.29 bits per heavy atom. The maximum Gasteiger partial charge on any atom is 0.417 e. The van der Waals surface area contributed by atoms with Crippen molar-refractivity contribution >= 4 is 16.7 Å². The zero-order valence-electron chi connectivity index (χ0n) is 14.3. The Bertz CT molecular complexity index is 1040. The van der Waals surface area contributed by atoms with E-state index in [4.69, 9.17) is 14.6 Å². The lowest BCUT2D eigenvalue weighted by Crippen LogP contribution is -2.22. The van der Waals surface area contributed by atoms with Crippen LogP contribution in [0, 0.1) is 5.82 Å². The van der Waals surface area contributed by atoms with Crippen molar-refractivity contribution in [1.82, 2.24) is 4.98 Å². The Morgan fingerprint density at radius 2 is 1.71 bits per heavy atom. The number of fused-ring (bicyclic) bond motifs is 1. The van der Waals surface area contributed by atoms with E-state index in [9.17, 15) is 22.4 Å². The van der Waals surface area contributed by atoms with Gasteiger partial charge >= 0.3 is 12.1 Å². The quantitative estimate of drug-likeness (QED) is 0.613. The Morgan fingerprint density at radius 1 is 1.11 bits per heavy atom. The highest BCUT2D eigenvalue weighted by molar-refractivity contribution is 5.93. The van der Waals surface area contributed by atoms with E-state index in [1.165, 1.54) is 13.0 Å². The molecule has 1 heterocycles. The summed E-state index contributed by atoms with van der Waals surface area (Å²) < 4.78 is 62.7. The summed E-state index contributed by atoms with van der Waals surface area (Å²) in [6.45, 7) is 1.36. The predicted molar refractivity (Wildman–Crippen MR) is 90.9 cm³/mol. The zero-order valence-corrected chi connectivity index (χ0v) is 14.3. The van der Waals surface area contributed by atoms with Gasteiger partial charge in [0.2, 0.25) is 0 Å². The maximum atomic E-state index is 14.0. The van der Waals surface area contributed by atoms with E-state index in [0.29, 0.717) is 23.0 Å². The van der Waals surface area contributed by atoms with E-state index in [-0.39, 0.29) is 11.5 Å². The van der Waals surface area contributed by atoms with Crippen molar-refractivity contribution in [2.24, 2.45) is 0 Å². The van der Waals surface area contributed by atoms with Gasteiger partial charge in [-0.25, -0.2) is 14.2 Å². The van der Waals surface area contributed by atoms with Gasteiger partial charge in [-0.3, -0.25) is 0 Å². The molecule has 0 unspecified atom stereocenters. The Hall–Kier alpha value is -3.36. The Kier molecular flexibility index (Phi) is 5.08. The van der Waals surface area contributed by atoms with Crippen LogP contribution in [-0.4, -0.2) is 22.2 Å². The molecule has 146 valence electrons. The number of halogens is 4. The van der Waals surface area contributed by atoms with E-state index >= 15 is 0 Å². The number of aliphatic carboxylic acids is 1. The van der Waals surface area contributed by atoms with Crippen LogP contribution < -0.4 is 9.47 Å². The third-order valence-corrected chi connectivity index (χ3v) is 3.83. The van der Waals surface area contributed by atoms with E-state index < -0.39 is 35.5 Å². The average molecular weight is 395 g/mol. The van der Waals surface area contributed by atoms with Gasteiger partial charge in [0.05, 0.1) is 5.56 Å². The number of nitrogens with zero attached hydrogens (tertiary/aromatic N) is 1. The molecule has 2 aromatic carbocycles. The van der Waals surface area contributed by atoms with Crippen molar-refractivity contribution < 1.29 is 36.9 Å². The molecule has 9 heteroatoms. The van der Waals surface area contributed by atoms with Crippen LogP contribution in [0.5, 0.6) is 17.4 Å². The summed E-state index contributed by atoms with van der Waals surface area (Å²) in [7, 11) is 0. The molecule has 1 aromatic heterocycles. The van der Waals surface area contributed by atoms with Gasteiger partial charge in [0, 0.05) is 17.0 Å². The molecule has 0 spiro atoms. The lowest BCUT2D eigenvalue weighted by molar-refractivity contribution is -0.144. The van der Waals surface area contributed by atoms with Crippen molar-refractivity contribution in [3.05, 3.63) is 60.0 Å². The number of hydrogen-bond donors (Lipinski definition) is 1. The van der Waals surface area contributed by atoms with Crippen molar-refractivity contribution in [2.45, 2.75) is 19.2 Å². The zero-order chi connectivity index (χ0) is 20.5. The number of hydrogen-bond acceptors (Lipinski definition) is 4. The monoisotopic (exact) mass is 395 g/mol. The SMILES string of the molecule is C[C@@H](Oc1cccc2c(Oc3ncc(C(F)(F)F)cc3F)cccc12)C(=O)O. The van der Waals surface area contributed by atoms with Crippen molar-refractivity contribution in [2.75, 3.05) is 0 Å². The molecule has 3 aromatic rings. The number of alkyl halides is 3. The van der Waals surface area contributed by atoms with Crippen LogP contribution in [0.25, 0.3) is 10.8 Å². The molecule has 0 aliphatic heterocycles. The summed E-state index contributed by atoms with van der Waals surface area (Å²) in [6, 6.07) is 9.73. The fourth-order valence-electron chi connectivity index (χ4n) is 2.44. The number of aromatic nitrogens is 1. The van der Waals surface area contributed by atoms with Crippen LogP contribution in [0.15, 0.2) is 48.7 Å². The average Bonchev–Trinajstić information content (AvgIpc) is 2.63. The number of carboxylic acids is 1. The molecule has 3 rings (SSSR count). The topological polar surface area (TPSA) is 68.7 Å². The Labute approximate surface area is 156 Å². The fourth-order valence-corrected chi connectivity index (χ4v) is 2.44. The van der Waals surface area contributed by atoms with Crippen LogP contribution in [0.3, 0.4) is 0 Å². The van der Waals surface area contributed by atoms with Crippen LogP contribution >= 0.6 is 0 Å². The Balaban J connectivity index is 1.98. The molecular formula is C19H13F4NO4. The highest BCUT2D eigenvalue weighted by atomic mass is 19.4. The minimum Gasteiger partial charge on any atom is -0.479 e. The molecule has 0 saturated carbocycles. The fraction of sp³-hybridized carbons (Fsp3) is 0.158. The third kappa shape index (κ3) is 3.98. The van der Waals surface area contributed by atoms with Gasteiger partial charge in [0.1, 0.15) is 11.5 Å². The summed E-state index contributed by atoms with van der Waals surface area (Å²) in [5.41, 5.74) is -1.23. The normalized spacial score (nSPS) is 12.6. The van der Waals surface area contributed by atoms with Gasteiger partial charge in [-0.1, -0.05) is 24.3 Å². The second-order valence-electron chi connectivity index (χ2n) is 5.82. The molecule has 0 aliphatic rings. The summed E-state index contributed by atoms with van der Waals surface area (Å²) >= 11 is 0. The molecule has 1 N–H and O–H groups in total. The molecular weight excluding hydrogens is 382 g/mol. The number of benzene rings is 2. The van der Waals surface area contributed by atoms with Crippen LogP contribution in [-0.2, 0) is 11.0 Å². The van der Waals surface area contributed by atoms with Gasteiger partial charge in [0.25, 0.3) is 5.88 Å². The minimum atomic E-state index is -4.72. The molecule has 28 heavy (non-hydrogen) atoms. The molecule has 1 atom stereocenters. The lowest BCUT2D eigenvalue weighted by Gasteiger charge is -2.15. The van der Waals surface area contributed by atoms with Crippen molar-refractivity contribution in [3.63, 3.8) is 0 Å². The van der Waals surface area contributed by atoms with Crippen LogP contribution in [0.2, 0.25) is 0 Å². The number of carboxylic acid groups (broad SMARTS) is 1. The maximum absolute atomic E-state index is 14.0. The van der Waals surface area contributed by atoms with E-state index in [1.54, 1.807) is 30.3 Å². The number of carbonyl (C=O) groups is 1. The third-order valence-electron chi connectivity index (χ3n) is 3.83. The first-order chi connectivity index (χ1) is 13.2. The summed E-state index contributed by atoms with van der Waals surface area (Å²) in [6.07, 6.45) is -5.35. The van der Waals surface area contributed by atoms with Crippen molar-refractivity contribution in [1.29, 1.82) is 0 Å². The van der Waals surface area contributed by atoms with Gasteiger partial charge in [-0.15, -0.1) is 0 Å². The lowest BCUT2D eigenvalue weighted by atomic mass is 10.1. The van der Waals surface area contributed by atoms with E-state index in [1.807, 2.05) is 0 Å². The highest BCUT2D eigenvalue weighted by Crippen LogP contribution is 2.36. The minimum absolute atomic E-state index is 0.122. The molecule has 0 aliphatic carbocycles. The highest BCUT2D eigenvalue weighted by Gasteiger charge is 2.32.